The quantitative estimate of drug-likeness (QED) is 0.774. The van der Waals surface area contributed by atoms with Crippen molar-refractivity contribution in [3.63, 3.8) is 0 Å². The summed E-state index contributed by atoms with van der Waals surface area (Å²) in [6.07, 6.45) is 3.32. The molecule has 2 rings (SSSR count). The highest BCUT2D eigenvalue weighted by Gasteiger charge is 2.19. The number of hydrogen-bond donors (Lipinski definition) is 2. The van der Waals surface area contributed by atoms with Gasteiger partial charge in [0, 0.05) is 31.7 Å². The predicted octanol–water partition coefficient (Wildman–Crippen LogP) is 1.10. The molecular formula is C11H14ClN3O. The monoisotopic (exact) mass is 239 g/mol. The predicted molar refractivity (Wildman–Crippen MR) is 62.1 cm³/mol. The molecule has 4 nitrogen and oxygen atoms in total. The number of aromatic nitrogens is 1. The Balaban J connectivity index is 1.72. The highest BCUT2D eigenvalue weighted by molar-refractivity contribution is 6.29. The first-order valence-corrected chi connectivity index (χ1v) is 5.72. The molecule has 1 aliphatic heterocycles. The SMILES string of the molecule is O=C1CCC(CNCc2ccc(Cl)nc2)N1. The Labute approximate surface area is 99.4 Å². The summed E-state index contributed by atoms with van der Waals surface area (Å²) in [5, 5.41) is 6.70. The van der Waals surface area contributed by atoms with Gasteiger partial charge in [-0.15, -0.1) is 0 Å². The van der Waals surface area contributed by atoms with Crippen LogP contribution in [0.3, 0.4) is 0 Å². The van der Waals surface area contributed by atoms with Gasteiger partial charge in [0.05, 0.1) is 0 Å². The lowest BCUT2D eigenvalue weighted by atomic mass is 10.2. The maximum Gasteiger partial charge on any atom is 0.220 e. The summed E-state index contributed by atoms with van der Waals surface area (Å²) < 4.78 is 0. The first-order valence-electron chi connectivity index (χ1n) is 5.34. The van der Waals surface area contributed by atoms with Crippen LogP contribution in [0, 0.1) is 0 Å². The van der Waals surface area contributed by atoms with Gasteiger partial charge >= 0.3 is 0 Å². The number of nitrogens with one attached hydrogen (secondary N) is 2. The lowest BCUT2D eigenvalue weighted by Gasteiger charge is -2.10. The zero-order chi connectivity index (χ0) is 11.4. The van der Waals surface area contributed by atoms with Gasteiger partial charge in [-0.3, -0.25) is 4.79 Å². The molecule has 86 valence electrons. The van der Waals surface area contributed by atoms with E-state index in [-0.39, 0.29) is 11.9 Å². The van der Waals surface area contributed by atoms with Crippen LogP contribution in [0.25, 0.3) is 0 Å². The van der Waals surface area contributed by atoms with Gasteiger partial charge in [0.25, 0.3) is 0 Å². The molecule has 1 unspecified atom stereocenters. The molecule has 1 aliphatic rings. The summed E-state index contributed by atoms with van der Waals surface area (Å²) in [4.78, 5) is 15.0. The fourth-order valence-electron chi connectivity index (χ4n) is 1.73. The van der Waals surface area contributed by atoms with Crippen LogP contribution in [0.5, 0.6) is 0 Å². The van der Waals surface area contributed by atoms with E-state index in [1.807, 2.05) is 6.07 Å². The van der Waals surface area contributed by atoms with Crippen molar-refractivity contribution in [1.82, 2.24) is 15.6 Å². The maximum atomic E-state index is 11.0. The number of nitrogens with zero attached hydrogens (tertiary/aromatic N) is 1. The van der Waals surface area contributed by atoms with Crippen LogP contribution >= 0.6 is 11.6 Å². The van der Waals surface area contributed by atoms with Gasteiger partial charge in [0.15, 0.2) is 0 Å². The summed E-state index contributed by atoms with van der Waals surface area (Å²) >= 11 is 5.69. The number of hydrogen-bond acceptors (Lipinski definition) is 3. The normalized spacial score (nSPS) is 19.8. The van der Waals surface area contributed by atoms with E-state index >= 15 is 0 Å². The molecule has 16 heavy (non-hydrogen) atoms. The van der Waals surface area contributed by atoms with Gasteiger partial charge in [-0.25, -0.2) is 4.98 Å². The van der Waals surface area contributed by atoms with Crippen LogP contribution in [0.15, 0.2) is 18.3 Å². The Hall–Kier alpha value is -1.13. The Morgan fingerprint density at radius 1 is 1.56 bits per heavy atom. The van der Waals surface area contributed by atoms with E-state index in [0.717, 1.165) is 25.1 Å². The van der Waals surface area contributed by atoms with E-state index in [1.165, 1.54) is 0 Å². The summed E-state index contributed by atoms with van der Waals surface area (Å²) in [5.74, 6) is 0.153. The molecule has 1 aromatic heterocycles. The molecule has 0 aliphatic carbocycles. The smallest absolute Gasteiger partial charge is 0.220 e. The number of halogens is 1. The Morgan fingerprint density at radius 3 is 3.06 bits per heavy atom. The second-order valence-electron chi connectivity index (χ2n) is 3.92. The molecule has 0 saturated carbocycles. The van der Waals surface area contributed by atoms with E-state index < -0.39 is 0 Å². The molecule has 1 fully saturated rings. The Kier molecular flexibility index (Phi) is 3.74. The Bertz CT molecular complexity index is 366. The van der Waals surface area contributed by atoms with E-state index in [4.69, 9.17) is 11.6 Å². The third-order valence-electron chi connectivity index (χ3n) is 2.59. The van der Waals surface area contributed by atoms with Gasteiger partial charge in [-0.2, -0.15) is 0 Å². The molecule has 5 heteroatoms. The molecular weight excluding hydrogens is 226 g/mol. The molecule has 0 bridgehead atoms. The van der Waals surface area contributed by atoms with Crippen LogP contribution in [0.1, 0.15) is 18.4 Å². The number of carbonyl (C=O) groups is 1. The fourth-order valence-corrected chi connectivity index (χ4v) is 1.84. The van der Waals surface area contributed by atoms with E-state index in [2.05, 4.69) is 15.6 Å². The fraction of sp³-hybridized carbons (Fsp3) is 0.455. The van der Waals surface area contributed by atoms with Crippen LogP contribution in [0.2, 0.25) is 5.15 Å². The molecule has 1 aromatic rings. The van der Waals surface area contributed by atoms with Gasteiger partial charge in [0.1, 0.15) is 5.15 Å². The zero-order valence-electron chi connectivity index (χ0n) is 8.87. The van der Waals surface area contributed by atoms with Crippen molar-refractivity contribution in [2.75, 3.05) is 6.54 Å². The number of rotatable bonds is 4. The first kappa shape index (κ1) is 11.4. The summed E-state index contributed by atoms with van der Waals surface area (Å²) in [6, 6.07) is 3.98. The summed E-state index contributed by atoms with van der Waals surface area (Å²) in [5.41, 5.74) is 1.09. The average Bonchev–Trinajstić information content (AvgIpc) is 2.67. The number of carbonyl (C=O) groups excluding carboxylic acids is 1. The third kappa shape index (κ3) is 3.18. The highest BCUT2D eigenvalue weighted by atomic mass is 35.5. The second kappa shape index (κ2) is 5.27. The minimum Gasteiger partial charge on any atom is -0.352 e. The van der Waals surface area contributed by atoms with Gasteiger partial charge in [0.2, 0.25) is 5.91 Å². The molecule has 2 heterocycles. The van der Waals surface area contributed by atoms with Gasteiger partial charge < -0.3 is 10.6 Å². The van der Waals surface area contributed by atoms with Crippen LogP contribution in [-0.2, 0) is 11.3 Å². The molecule has 0 radical (unpaired) electrons. The highest BCUT2D eigenvalue weighted by Crippen LogP contribution is 2.07. The lowest BCUT2D eigenvalue weighted by molar-refractivity contribution is -0.119. The van der Waals surface area contributed by atoms with Crippen LogP contribution in [0.4, 0.5) is 0 Å². The van der Waals surface area contributed by atoms with E-state index in [0.29, 0.717) is 11.6 Å². The molecule has 2 N–H and O–H groups in total. The first-order chi connectivity index (χ1) is 7.74. The van der Waals surface area contributed by atoms with Gasteiger partial charge in [-0.05, 0) is 18.1 Å². The minimum atomic E-state index is 0.153. The molecule has 1 amide bonds. The standard InChI is InChI=1S/C11H14ClN3O/c12-10-3-1-8(6-14-10)5-13-7-9-2-4-11(16)15-9/h1,3,6,9,13H,2,4-5,7H2,(H,15,16). The lowest BCUT2D eigenvalue weighted by Crippen LogP contribution is -2.35. The summed E-state index contributed by atoms with van der Waals surface area (Å²) in [7, 11) is 0. The molecule has 0 aromatic carbocycles. The molecule has 1 atom stereocenters. The van der Waals surface area contributed by atoms with Crippen molar-refractivity contribution in [2.45, 2.75) is 25.4 Å². The van der Waals surface area contributed by atoms with E-state index in [1.54, 1.807) is 12.3 Å². The van der Waals surface area contributed by atoms with Crippen molar-refractivity contribution in [2.24, 2.45) is 0 Å². The van der Waals surface area contributed by atoms with Gasteiger partial charge in [-0.1, -0.05) is 17.7 Å². The van der Waals surface area contributed by atoms with Crippen molar-refractivity contribution >= 4 is 17.5 Å². The third-order valence-corrected chi connectivity index (χ3v) is 2.82. The Morgan fingerprint density at radius 2 is 2.44 bits per heavy atom. The maximum absolute atomic E-state index is 11.0. The molecule has 1 saturated heterocycles. The van der Waals surface area contributed by atoms with Crippen molar-refractivity contribution in [1.29, 1.82) is 0 Å². The van der Waals surface area contributed by atoms with E-state index in [9.17, 15) is 4.79 Å². The minimum absolute atomic E-state index is 0.153. The van der Waals surface area contributed by atoms with Crippen molar-refractivity contribution in [3.8, 4) is 0 Å². The summed E-state index contributed by atoms with van der Waals surface area (Å²) in [6.45, 7) is 1.55. The second-order valence-corrected chi connectivity index (χ2v) is 4.31. The van der Waals surface area contributed by atoms with Crippen LogP contribution < -0.4 is 10.6 Å². The number of pyridine rings is 1. The van der Waals surface area contributed by atoms with Crippen LogP contribution in [-0.4, -0.2) is 23.5 Å². The average molecular weight is 240 g/mol. The topological polar surface area (TPSA) is 54.0 Å². The zero-order valence-corrected chi connectivity index (χ0v) is 9.63. The molecule has 0 spiro atoms. The number of amides is 1. The largest absolute Gasteiger partial charge is 0.352 e. The van der Waals surface area contributed by atoms with Crippen molar-refractivity contribution in [3.05, 3.63) is 29.0 Å². The van der Waals surface area contributed by atoms with Crippen molar-refractivity contribution < 1.29 is 4.79 Å².